The van der Waals surface area contributed by atoms with Crippen LogP contribution >= 0.6 is 11.8 Å². The van der Waals surface area contributed by atoms with E-state index in [4.69, 9.17) is 14.6 Å². The highest BCUT2D eigenvalue weighted by Gasteiger charge is 2.32. The Labute approximate surface area is 211 Å². The number of hydrogen-bond acceptors (Lipinski definition) is 9. The lowest BCUT2D eigenvalue weighted by Gasteiger charge is -2.36. The van der Waals surface area contributed by atoms with Crippen LogP contribution in [0.1, 0.15) is 48.3 Å². The summed E-state index contributed by atoms with van der Waals surface area (Å²) in [6.45, 7) is -0.0342. The highest BCUT2D eigenvalue weighted by molar-refractivity contribution is 7.99. The Balaban J connectivity index is 1.51. The number of aromatic nitrogens is 4. The maximum absolute atomic E-state index is 12.1. The summed E-state index contributed by atoms with van der Waals surface area (Å²) in [5, 5.41) is 33.1. The summed E-state index contributed by atoms with van der Waals surface area (Å²) in [5.74, 6) is -0.805. The molecule has 3 aromatic rings. The summed E-state index contributed by atoms with van der Waals surface area (Å²) in [6.07, 6.45) is -0.871. The molecule has 3 N–H and O–H groups in total. The average Bonchev–Trinajstić information content (AvgIpc) is 3.30. The fourth-order valence-corrected chi connectivity index (χ4v) is 4.61. The number of carbonyl (C=O) groups is 2. The van der Waals surface area contributed by atoms with E-state index in [2.05, 4.69) is 20.8 Å². The fraction of sp³-hybridized carbons (Fsp3) is 0.375. The van der Waals surface area contributed by atoms with E-state index in [0.29, 0.717) is 23.0 Å². The number of carboxylic acids is 1. The summed E-state index contributed by atoms with van der Waals surface area (Å²) in [7, 11) is 1.78. The topological polar surface area (TPSA) is 149 Å². The second kappa shape index (κ2) is 12.1. The molecule has 1 amide bonds. The molecule has 2 aromatic carbocycles. The molecule has 1 aliphatic rings. The molecule has 1 saturated heterocycles. The zero-order valence-electron chi connectivity index (χ0n) is 19.6. The van der Waals surface area contributed by atoms with Crippen molar-refractivity contribution in [1.82, 2.24) is 20.2 Å². The number of aliphatic carboxylic acids is 1. The first kappa shape index (κ1) is 25.8. The van der Waals surface area contributed by atoms with Crippen LogP contribution in [0.2, 0.25) is 0 Å². The molecule has 0 bridgehead atoms. The van der Waals surface area contributed by atoms with E-state index < -0.39 is 12.3 Å². The number of nitrogens with one attached hydrogen (secondary N) is 1. The van der Waals surface area contributed by atoms with Crippen LogP contribution in [0, 0.1) is 0 Å². The lowest BCUT2D eigenvalue weighted by molar-refractivity contribution is -0.245. The van der Waals surface area contributed by atoms with Crippen molar-refractivity contribution in [3.8, 4) is 0 Å². The number of amides is 1. The number of ether oxygens (including phenoxy) is 2. The second-order valence-electron chi connectivity index (χ2n) is 8.31. The number of thioether (sulfide) groups is 1. The first-order valence-corrected chi connectivity index (χ1v) is 12.4. The van der Waals surface area contributed by atoms with Crippen LogP contribution in [0.25, 0.3) is 0 Å². The molecule has 12 heteroatoms. The Kier molecular flexibility index (Phi) is 8.65. The number of nitrogens with zero attached hydrogens (tertiary/aromatic N) is 4. The van der Waals surface area contributed by atoms with Crippen LogP contribution in [-0.4, -0.2) is 54.2 Å². The molecule has 1 fully saturated rings. The molecule has 11 nitrogen and oxygen atoms in total. The molecular formula is C24H27N5O6S. The molecule has 0 unspecified atom stereocenters. The third-order valence-corrected chi connectivity index (χ3v) is 6.75. The van der Waals surface area contributed by atoms with Gasteiger partial charge in [0, 0.05) is 36.9 Å². The lowest BCUT2D eigenvalue weighted by Crippen LogP contribution is -2.31. The summed E-state index contributed by atoms with van der Waals surface area (Å²) >= 11 is 1.49. The van der Waals surface area contributed by atoms with Crippen molar-refractivity contribution >= 4 is 29.3 Å². The number of carboxylic acid groups (broad SMARTS) is 1. The standard InChI is InChI=1S/C24H27N5O6S/c1-29-24(26-27-28-29)36-14-19-12-20(16-7-5-15(13-30)6-8-16)35-23(34-19)17-3-2-4-18(11-17)25-21(31)9-10-22(32)33/h2-8,11,19-20,23,30H,9-10,12-14H2,1H3,(H,25,31)(H,32,33)/t19-,20+,23+/m0/s1. The first-order chi connectivity index (χ1) is 17.4. The number of aryl methyl sites for hydroxylation is 1. The van der Waals surface area contributed by atoms with Crippen LogP contribution in [0.3, 0.4) is 0 Å². The maximum Gasteiger partial charge on any atom is 0.303 e. The Morgan fingerprint density at radius 1 is 1.14 bits per heavy atom. The quantitative estimate of drug-likeness (QED) is 0.346. The lowest BCUT2D eigenvalue weighted by atomic mass is 10.0. The smallest absolute Gasteiger partial charge is 0.303 e. The van der Waals surface area contributed by atoms with Crippen molar-refractivity contribution < 1.29 is 29.3 Å². The molecule has 1 aromatic heterocycles. The number of tetrazole rings is 1. The van der Waals surface area contributed by atoms with Crippen LogP contribution in [0.15, 0.2) is 53.7 Å². The molecule has 36 heavy (non-hydrogen) atoms. The van der Waals surface area contributed by atoms with Crippen LogP contribution in [0.4, 0.5) is 5.69 Å². The van der Waals surface area contributed by atoms with E-state index in [1.807, 2.05) is 30.3 Å². The van der Waals surface area contributed by atoms with Crippen molar-refractivity contribution in [3.63, 3.8) is 0 Å². The number of carbonyl (C=O) groups excluding carboxylic acids is 1. The normalized spacial score (nSPS) is 19.7. The number of aliphatic hydroxyl groups excluding tert-OH is 1. The van der Waals surface area contributed by atoms with Gasteiger partial charge >= 0.3 is 5.97 Å². The van der Waals surface area contributed by atoms with Gasteiger partial charge in [0.25, 0.3) is 0 Å². The van der Waals surface area contributed by atoms with E-state index in [1.54, 1.807) is 29.9 Å². The minimum absolute atomic E-state index is 0.0342. The van der Waals surface area contributed by atoms with Gasteiger partial charge in [0.1, 0.15) is 0 Å². The average molecular weight is 514 g/mol. The maximum atomic E-state index is 12.1. The SMILES string of the molecule is Cn1nnnc1SC[C@@H]1C[C@H](c2ccc(CO)cc2)O[C@H](c2cccc(NC(=O)CCC(=O)O)c2)O1. The summed E-state index contributed by atoms with van der Waals surface area (Å²) in [5.41, 5.74) is 3.03. The molecular weight excluding hydrogens is 486 g/mol. The summed E-state index contributed by atoms with van der Waals surface area (Å²) in [6, 6.07) is 14.7. The molecule has 4 rings (SSSR count). The Hall–Kier alpha value is -3.32. The van der Waals surface area contributed by atoms with Crippen molar-refractivity contribution in [2.75, 3.05) is 11.1 Å². The van der Waals surface area contributed by atoms with E-state index in [9.17, 15) is 14.7 Å². The highest BCUT2D eigenvalue weighted by atomic mass is 32.2. The predicted molar refractivity (Wildman–Crippen MR) is 130 cm³/mol. The van der Waals surface area contributed by atoms with E-state index in [1.165, 1.54) is 11.8 Å². The molecule has 3 atom stereocenters. The van der Waals surface area contributed by atoms with Gasteiger partial charge in [-0.3, -0.25) is 9.59 Å². The van der Waals surface area contributed by atoms with Gasteiger partial charge in [-0.2, -0.15) is 0 Å². The minimum atomic E-state index is -1.03. The second-order valence-corrected chi connectivity index (χ2v) is 9.30. The van der Waals surface area contributed by atoms with Gasteiger partial charge in [0.2, 0.25) is 11.1 Å². The zero-order valence-corrected chi connectivity index (χ0v) is 20.4. The number of hydrogen-bond donors (Lipinski definition) is 3. The Bertz CT molecular complexity index is 1190. The number of rotatable bonds is 10. The van der Waals surface area contributed by atoms with Crippen LogP contribution in [-0.2, 0) is 32.7 Å². The first-order valence-electron chi connectivity index (χ1n) is 11.4. The van der Waals surface area contributed by atoms with Crippen molar-refractivity contribution in [3.05, 3.63) is 65.2 Å². The van der Waals surface area contributed by atoms with Gasteiger partial charge in [-0.05, 0) is 33.7 Å². The molecule has 190 valence electrons. The number of anilines is 1. The van der Waals surface area contributed by atoms with Gasteiger partial charge in [-0.25, -0.2) is 4.68 Å². The van der Waals surface area contributed by atoms with Gasteiger partial charge < -0.3 is 25.0 Å². The van der Waals surface area contributed by atoms with Gasteiger partial charge in [0.15, 0.2) is 6.29 Å². The van der Waals surface area contributed by atoms with E-state index >= 15 is 0 Å². The number of benzene rings is 2. The zero-order chi connectivity index (χ0) is 25.5. The summed E-state index contributed by atoms with van der Waals surface area (Å²) in [4.78, 5) is 22.8. The van der Waals surface area contributed by atoms with E-state index in [0.717, 1.165) is 16.7 Å². The van der Waals surface area contributed by atoms with Gasteiger partial charge in [0.05, 0.1) is 25.2 Å². The number of aliphatic hydroxyl groups is 1. The molecule has 0 radical (unpaired) electrons. The van der Waals surface area contributed by atoms with Gasteiger partial charge in [-0.1, -0.05) is 48.2 Å². The monoisotopic (exact) mass is 513 g/mol. The third-order valence-electron chi connectivity index (χ3n) is 5.60. The Morgan fingerprint density at radius 3 is 2.64 bits per heavy atom. The van der Waals surface area contributed by atoms with E-state index in [-0.39, 0.29) is 37.6 Å². The van der Waals surface area contributed by atoms with Crippen LogP contribution in [0.5, 0.6) is 0 Å². The van der Waals surface area contributed by atoms with Crippen molar-refractivity contribution in [2.45, 2.75) is 49.5 Å². The molecule has 0 aliphatic carbocycles. The van der Waals surface area contributed by atoms with Gasteiger partial charge in [-0.15, -0.1) is 5.10 Å². The third kappa shape index (κ3) is 6.88. The Morgan fingerprint density at radius 2 is 1.94 bits per heavy atom. The van der Waals surface area contributed by atoms with Crippen LogP contribution < -0.4 is 5.32 Å². The largest absolute Gasteiger partial charge is 0.481 e. The molecule has 0 spiro atoms. The molecule has 2 heterocycles. The van der Waals surface area contributed by atoms with Crippen molar-refractivity contribution in [1.29, 1.82) is 0 Å². The predicted octanol–water partition coefficient (Wildman–Crippen LogP) is 2.84. The summed E-state index contributed by atoms with van der Waals surface area (Å²) < 4.78 is 14.2. The molecule has 1 aliphatic heterocycles. The molecule has 0 saturated carbocycles. The fourth-order valence-electron chi connectivity index (χ4n) is 3.74. The van der Waals surface area contributed by atoms with Crippen molar-refractivity contribution in [2.24, 2.45) is 7.05 Å². The highest BCUT2D eigenvalue weighted by Crippen LogP contribution is 2.39. The minimum Gasteiger partial charge on any atom is -0.481 e.